The first-order valence-electron chi connectivity index (χ1n) is 7.05. The summed E-state index contributed by atoms with van der Waals surface area (Å²) in [6.07, 6.45) is 7.39. The Hall–Kier alpha value is -1.77. The molecule has 0 spiro atoms. The van der Waals surface area contributed by atoms with Gasteiger partial charge in [-0.2, -0.15) is 0 Å². The number of carboxylic acids is 1. The molecule has 102 valence electrons. The summed E-state index contributed by atoms with van der Waals surface area (Å²) in [6, 6.07) is 7.36. The first kappa shape index (κ1) is 13.7. The van der Waals surface area contributed by atoms with E-state index in [0.717, 1.165) is 17.3 Å². The summed E-state index contributed by atoms with van der Waals surface area (Å²) in [5, 5.41) is 10.1. The Morgan fingerprint density at radius 3 is 2.68 bits per heavy atom. The van der Waals surface area contributed by atoms with Crippen LogP contribution in [0.15, 0.2) is 24.3 Å². The molecule has 2 aromatic rings. The molecule has 0 bridgehead atoms. The number of fused-ring (bicyclic) bond motifs is 1. The lowest BCUT2D eigenvalue weighted by atomic mass is 10.1. The van der Waals surface area contributed by atoms with Gasteiger partial charge in [0.15, 0.2) is 0 Å². The molecule has 0 aliphatic carbocycles. The molecule has 0 saturated carbocycles. The third kappa shape index (κ3) is 3.60. The van der Waals surface area contributed by atoms with Gasteiger partial charge in [0.25, 0.3) is 0 Å². The standard InChI is InChI=1S/C16H21NO2/c1-2-3-4-5-6-7-14-10-12-8-9-13(16(18)19)11-15(12)17-14/h8-11,17H,2-7H2,1H3,(H,18,19). The van der Waals surface area contributed by atoms with Gasteiger partial charge >= 0.3 is 5.97 Å². The summed E-state index contributed by atoms with van der Waals surface area (Å²) in [5.74, 6) is -0.877. The molecule has 0 unspecified atom stereocenters. The van der Waals surface area contributed by atoms with E-state index in [0.29, 0.717) is 5.56 Å². The molecule has 0 atom stereocenters. The summed E-state index contributed by atoms with van der Waals surface area (Å²) < 4.78 is 0. The number of hydrogen-bond donors (Lipinski definition) is 2. The molecule has 0 radical (unpaired) electrons. The second-order valence-electron chi connectivity index (χ2n) is 5.07. The number of H-pyrrole nitrogens is 1. The number of aromatic amines is 1. The van der Waals surface area contributed by atoms with E-state index in [4.69, 9.17) is 5.11 Å². The molecule has 1 aromatic carbocycles. The van der Waals surface area contributed by atoms with Crippen LogP contribution in [-0.2, 0) is 6.42 Å². The smallest absolute Gasteiger partial charge is 0.335 e. The van der Waals surface area contributed by atoms with Crippen molar-refractivity contribution in [1.29, 1.82) is 0 Å². The Balaban J connectivity index is 1.99. The Bertz CT molecular complexity index is 557. The number of unbranched alkanes of at least 4 members (excludes halogenated alkanes) is 4. The van der Waals surface area contributed by atoms with Crippen LogP contribution >= 0.6 is 0 Å². The number of aromatic nitrogens is 1. The van der Waals surface area contributed by atoms with E-state index in [1.54, 1.807) is 12.1 Å². The molecule has 2 rings (SSSR count). The fourth-order valence-electron chi connectivity index (χ4n) is 2.37. The highest BCUT2D eigenvalue weighted by Crippen LogP contribution is 2.19. The summed E-state index contributed by atoms with van der Waals surface area (Å²) in [7, 11) is 0. The Morgan fingerprint density at radius 1 is 1.16 bits per heavy atom. The van der Waals surface area contributed by atoms with Gasteiger partial charge in [-0.3, -0.25) is 0 Å². The van der Waals surface area contributed by atoms with Gasteiger partial charge in [0.05, 0.1) is 5.56 Å². The maximum absolute atomic E-state index is 10.9. The molecule has 19 heavy (non-hydrogen) atoms. The van der Waals surface area contributed by atoms with Crippen molar-refractivity contribution in [2.75, 3.05) is 0 Å². The van der Waals surface area contributed by atoms with Crippen molar-refractivity contribution < 1.29 is 9.90 Å². The van der Waals surface area contributed by atoms with Crippen LogP contribution < -0.4 is 0 Å². The van der Waals surface area contributed by atoms with Crippen LogP contribution in [0.4, 0.5) is 0 Å². The number of nitrogens with one attached hydrogen (secondary N) is 1. The lowest BCUT2D eigenvalue weighted by molar-refractivity contribution is 0.0697. The van der Waals surface area contributed by atoms with Crippen LogP contribution in [0.25, 0.3) is 10.9 Å². The number of benzene rings is 1. The minimum Gasteiger partial charge on any atom is -0.478 e. The number of aryl methyl sites for hydroxylation is 1. The molecule has 0 saturated heterocycles. The van der Waals surface area contributed by atoms with Crippen molar-refractivity contribution in [3.63, 3.8) is 0 Å². The van der Waals surface area contributed by atoms with E-state index in [-0.39, 0.29) is 0 Å². The average Bonchev–Trinajstić information content (AvgIpc) is 2.80. The fourth-order valence-corrected chi connectivity index (χ4v) is 2.37. The number of carbonyl (C=O) groups is 1. The molecule has 0 fully saturated rings. The average molecular weight is 259 g/mol. The van der Waals surface area contributed by atoms with E-state index in [1.165, 1.54) is 37.8 Å². The predicted octanol–water partition coefficient (Wildman–Crippen LogP) is 4.38. The predicted molar refractivity (Wildman–Crippen MR) is 77.7 cm³/mol. The highest BCUT2D eigenvalue weighted by Gasteiger charge is 2.06. The zero-order valence-corrected chi connectivity index (χ0v) is 11.4. The van der Waals surface area contributed by atoms with Gasteiger partial charge in [-0.15, -0.1) is 0 Å². The summed E-state index contributed by atoms with van der Waals surface area (Å²) in [5.41, 5.74) is 2.46. The van der Waals surface area contributed by atoms with Crippen LogP contribution in [0.1, 0.15) is 55.1 Å². The van der Waals surface area contributed by atoms with Crippen molar-refractivity contribution in [2.24, 2.45) is 0 Å². The van der Waals surface area contributed by atoms with E-state index >= 15 is 0 Å². The van der Waals surface area contributed by atoms with Gasteiger partial charge in [0, 0.05) is 11.2 Å². The van der Waals surface area contributed by atoms with Crippen molar-refractivity contribution in [1.82, 2.24) is 4.98 Å². The minimum atomic E-state index is -0.877. The molecule has 3 nitrogen and oxygen atoms in total. The molecule has 0 amide bonds. The number of aromatic carboxylic acids is 1. The van der Waals surface area contributed by atoms with Crippen LogP contribution in [0, 0.1) is 0 Å². The third-order valence-corrected chi connectivity index (χ3v) is 3.47. The monoisotopic (exact) mass is 259 g/mol. The first-order chi connectivity index (χ1) is 9.20. The summed E-state index contributed by atoms with van der Waals surface area (Å²) in [6.45, 7) is 2.22. The molecule has 1 heterocycles. The maximum atomic E-state index is 10.9. The van der Waals surface area contributed by atoms with Gasteiger partial charge < -0.3 is 10.1 Å². The van der Waals surface area contributed by atoms with Crippen LogP contribution in [0.3, 0.4) is 0 Å². The van der Waals surface area contributed by atoms with Crippen molar-refractivity contribution in [3.8, 4) is 0 Å². The van der Waals surface area contributed by atoms with Crippen molar-refractivity contribution in [3.05, 3.63) is 35.5 Å². The van der Waals surface area contributed by atoms with Crippen LogP contribution in [-0.4, -0.2) is 16.1 Å². The van der Waals surface area contributed by atoms with Crippen molar-refractivity contribution >= 4 is 16.9 Å². The van der Waals surface area contributed by atoms with Gasteiger partial charge in [0.2, 0.25) is 0 Å². The number of rotatable bonds is 7. The molecule has 3 heteroatoms. The highest BCUT2D eigenvalue weighted by atomic mass is 16.4. The van der Waals surface area contributed by atoms with E-state index < -0.39 is 5.97 Å². The molecule has 2 N–H and O–H groups in total. The molecule has 0 aliphatic heterocycles. The Labute approximate surface area is 113 Å². The minimum absolute atomic E-state index is 0.337. The summed E-state index contributed by atoms with van der Waals surface area (Å²) in [4.78, 5) is 14.2. The van der Waals surface area contributed by atoms with Crippen LogP contribution in [0.2, 0.25) is 0 Å². The Kier molecular flexibility index (Phi) is 4.61. The fraction of sp³-hybridized carbons (Fsp3) is 0.438. The molecular weight excluding hydrogens is 238 g/mol. The lowest BCUT2D eigenvalue weighted by Crippen LogP contribution is -1.94. The van der Waals surface area contributed by atoms with Crippen molar-refractivity contribution in [2.45, 2.75) is 45.4 Å². The quantitative estimate of drug-likeness (QED) is 0.725. The normalized spacial score (nSPS) is 11.0. The topological polar surface area (TPSA) is 53.1 Å². The third-order valence-electron chi connectivity index (χ3n) is 3.47. The van der Waals surface area contributed by atoms with E-state index in [9.17, 15) is 4.79 Å². The highest BCUT2D eigenvalue weighted by molar-refractivity contribution is 5.93. The van der Waals surface area contributed by atoms with Gasteiger partial charge in [-0.25, -0.2) is 4.79 Å². The van der Waals surface area contributed by atoms with E-state index in [1.807, 2.05) is 6.07 Å². The summed E-state index contributed by atoms with van der Waals surface area (Å²) >= 11 is 0. The number of carboxylic acid groups (broad SMARTS) is 1. The SMILES string of the molecule is CCCCCCCc1cc2ccc(C(=O)O)cc2[nH]1. The maximum Gasteiger partial charge on any atom is 0.335 e. The molecule has 0 aliphatic rings. The van der Waals surface area contributed by atoms with E-state index in [2.05, 4.69) is 18.0 Å². The van der Waals surface area contributed by atoms with Gasteiger partial charge in [-0.1, -0.05) is 38.7 Å². The molecular formula is C16H21NO2. The Morgan fingerprint density at radius 2 is 1.95 bits per heavy atom. The zero-order chi connectivity index (χ0) is 13.7. The first-order valence-corrected chi connectivity index (χ1v) is 7.05. The van der Waals surface area contributed by atoms with Gasteiger partial charge in [0.1, 0.15) is 0 Å². The lowest BCUT2D eigenvalue weighted by Gasteiger charge is -1.98. The zero-order valence-electron chi connectivity index (χ0n) is 11.4. The van der Waals surface area contributed by atoms with Crippen LogP contribution in [0.5, 0.6) is 0 Å². The molecule has 1 aromatic heterocycles. The number of hydrogen-bond acceptors (Lipinski definition) is 1. The largest absolute Gasteiger partial charge is 0.478 e. The van der Waals surface area contributed by atoms with Gasteiger partial charge in [-0.05, 0) is 36.4 Å². The second kappa shape index (κ2) is 6.41. The second-order valence-corrected chi connectivity index (χ2v) is 5.07.